The Labute approximate surface area is 158 Å². The molecule has 1 N–H and O–H groups in total. The van der Waals surface area contributed by atoms with E-state index in [9.17, 15) is 9.90 Å². The van der Waals surface area contributed by atoms with Gasteiger partial charge in [0.2, 0.25) is 12.6 Å². The van der Waals surface area contributed by atoms with E-state index in [0.717, 1.165) is 16.8 Å². The van der Waals surface area contributed by atoms with Crippen molar-refractivity contribution in [3.05, 3.63) is 47.5 Å². The van der Waals surface area contributed by atoms with E-state index >= 15 is 0 Å². The molecule has 6 heteroatoms. The lowest BCUT2D eigenvalue weighted by molar-refractivity contribution is -0.181. The van der Waals surface area contributed by atoms with Crippen LogP contribution in [0.3, 0.4) is 0 Å². The highest BCUT2D eigenvalue weighted by Gasteiger charge is 2.49. The molecule has 142 valence electrons. The molecule has 3 atom stereocenters. The molecule has 0 aliphatic carbocycles. The Bertz CT molecular complexity index is 888. The van der Waals surface area contributed by atoms with Gasteiger partial charge < -0.3 is 24.2 Å². The van der Waals surface area contributed by atoms with Crippen molar-refractivity contribution in [1.29, 1.82) is 0 Å². The second-order valence-electron chi connectivity index (χ2n) is 7.45. The number of hydrogen-bond donors (Lipinski definition) is 1. The van der Waals surface area contributed by atoms with Crippen molar-refractivity contribution >= 4 is 11.5 Å². The van der Waals surface area contributed by atoms with Crippen LogP contribution in [0.5, 0.6) is 17.2 Å². The van der Waals surface area contributed by atoms with Gasteiger partial charge in [-0.05, 0) is 30.7 Å². The summed E-state index contributed by atoms with van der Waals surface area (Å²) in [5, 5.41) is 11.0. The minimum absolute atomic E-state index is 0.134. The largest absolute Gasteiger partial charge is 0.462 e. The molecule has 4 rings (SSSR count). The Morgan fingerprint density at radius 2 is 1.74 bits per heavy atom. The standard InChI is InChI=1S/C21H23NO5/c1-12(23)20-19(13-5-7-14(8-6-13)22(3)4)15-9-17-18(26-11-25-17)10-16(15)27-21(20,2)24/h5-10,19-20,24H,11H2,1-4H3/t19-,20+,21-/m1/s1. The van der Waals surface area contributed by atoms with Gasteiger partial charge in [-0.15, -0.1) is 0 Å². The van der Waals surface area contributed by atoms with Crippen LogP contribution >= 0.6 is 0 Å². The van der Waals surface area contributed by atoms with E-state index in [4.69, 9.17) is 14.2 Å². The average Bonchev–Trinajstić information content (AvgIpc) is 3.05. The van der Waals surface area contributed by atoms with Gasteiger partial charge in [-0.25, -0.2) is 0 Å². The number of rotatable bonds is 3. The van der Waals surface area contributed by atoms with E-state index in [2.05, 4.69) is 0 Å². The Kier molecular flexibility index (Phi) is 4.03. The number of ketones is 1. The number of Topliss-reactive ketones (excluding diaryl/α,β-unsaturated/α-hetero) is 1. The molecule has 0 unspecified atom stereocenters. The summed E-state index contributed by atoms with van der Waals surface area (Å²) in [7, 11) is 3.95. The summed E-state index contributed by atoms with van der Waals surface area (Å²) in [5.74, 6) is -1.16. The fraction of sp³-hybridized carbons (Fsp3) is 0.381. The fourth-order valence-corrected chi connectivity index (χ4v) is 4.01. The third-order valence-electron chi connectivity index (χ3n) is 5.27. The lowest BCUT2D eigenvalue weighted by Gasteiger charge is -2.42. The van der Waals surface area contributed by atoms with Gasteiger partial charge in [-0.2, -0.15) is 0 Å². The molecule has 2 heterocycles. The van der Waals surface area contributed by atoms with E-state index in [0.29, 0.717) is 17.2 Å². The van der Waals surface area contributed by atoms with Crippen LogP contribution in [-0.4, -0.2) is 37.6 Å². The molecule has 0 spiro atoms. The molecule has 2 aliphatic heterocycles. The van der Waals surface area contributed by atoms with Gasteiger partial charge in [0.1, 0.15) is 11.5 Å². The zero-order chi connectivity index (χ0) is 19.3. The van der Waals surface area contributed by atoms with Gasteiger partial charge >= 0.3 is 0 Å². The van der Waals surface area contributed by atoms with Crippen molar-refractivity contribution < 1.29 is 24.1 Å². The number of carbonyl (C=O) groups is 1. The van der Waals surface area contributed by atoms with Crippen LogP contribution in [0.25, 0.3) is 0 Å². The highest BCUT2D eigenvalue weighted by Crippen LogP contribution is 2.51. The van der Waals surface area contributed by atoms with Crippen LogP contribution < -0.4 is 19.1 Å². The number of fused-ring (bicyclic) bond motifs is 2. The number of carbonyl (C=O) groups excluding carboxylic acids is 1. The smallest absolute Gasteiger partial charge is 0.231 e. The molecule has 2 aromatic rings. The summed E-state index contributed by atoms with van der Waals surface area (Å²) in [6.07, 6.45) is 0. The zero-order valence-corrected chi connectivity index (χ0v) is 15.9. The molecule has 0 fully saturated rings. The number of ether oxygens (including phenoxy) is 3. The van der Waals surface area contributed by atoms with Crippen molar-refractivity contribution in [3.8, 4) is 17.2 Å². The summed E-state index contributed by atoms with van der Waals surface area (Å²) in [5.41, 5.74) is 2.80. The second kappa shape index (κ2) is 6.16. The lowest BCUT2D eigenvalue weighted by Crippen LogP contribution is -2.50. The van der Waals surface area contributed by atoms with Crippen LogP contribution in [0.1, 0.15) is 30.9 Å². The molecule has 0 radical (unpaired) electrons. The summed E-state index contributed by atoms with van der Waals surface area (Å²) in [4.78, 5) is 14.5. The number of nitrogens with zero attached hydrogens (tertiary/aromatic N) is 1. The Hall–Kier alpha value is -2.73. The first-order valence-corrected chi connectivity index (χ1v) is 8.90. The van der Waals surface area contributed by atoms with Gasteiger partial charge in [0, 0.05) is 44.3 Å². The van der Waals surface area contributed by atoms with Gasteiger partial charge in [-0.1, -0.05) is 12.1 Å². The van der Waals surface area contributed by atoms with E-state index in [-0.39, 0.29) is 18.5 Å². The SMILES string of the molecule is CC(=O)[C@H]1[C@H](c2ccc(N(C)C)cc2)c2cc3c(cc2O[C@@]1(C)O)OCO3. The average molecular weight is 369 g/mol. The lowest BCUT2D eigenvalue weighted by atomic mass is 9.72. The molecule has 0 aromatic heterocycles. The number of anilines is 1. The summed E-state index contributed by atoms with van der Waals surface area (Å²) >= 11 is 0. The Morgan fingerprint density at radius 3 is 2.33 bits per heavy atom. The van der Waals surface area contributed by atoms with Gasteiger partial charge in [0.15, 0.2) is 11.5 Å². The van der Waals surface area contributed by atoms with Gasteiger partial charge in [0.25, 0.3) is 0 Å². The first-order chi connectivity index (χ1) is 12.8. The zero-order valence-electron chi connectivity index (χ0n) is 15.9. The van der Waals surface area contributed by atoms with Crippen molar-refractivity contribution in [1.82, 2.24) is 0 Å². The van der Waals surface area contributed by atoms with E-state index in [1.165, 1.54) is 13.8 Å². The maximum atomic E-state index is 12.5. The van der Waals surface area contributed by atoms with Crippen molar-refractivity contribution in [3.63, 3.8) is 0 Å². The third kappa shape index (κ3) is 2.90. The molecule has 0 saturated heterocycles. The van der Waals surface area contributed by atoms with Crippen LogP contribution in [0.4, 0.5) is 5.69 Å². The number of hydrogen-bond acceptors (Lipinski definition) is 6. The molecule has 0 bridgehead atoms. The molecule has 2 aromatic carbocycles. The predicted molar refractivity (Wildman–Crippen MR) is 101 cm³/mol. The maximum Gasteiger partial charge on any atom is 0.231 e. The van der Waals surface area contributed by atoms with Crippen LogP contribution in [-0.2, 0) is 4.79 Å². The van der Waals surface area contributed by atoms with Crippen LogP contribution in [0, 0.1) is 5.92 Å². The normalized spacial score (nSPS) is 25.5. The quantitative estimate of drug-likeness (QED) is 0.897. The van der Waals surface area contributed by atoms with Crippen molar-refractivity contribution in [2.24, 2.45) is 5.92 Å². The summed E-state index contributed by atoms with van der Waals surface area (Å²) in [6, 6.07) is 11.6. The fourth-order valence-electron chi connectivity index (χ4n) is 4.01. The molecule has 27 heavy (non-hydrogen) atoms. The summed E-state index contributed by atoms with van der Waals surface area (Å²) in [6.45, 7) is 3.17. The molecular formula is C21H23NO5. The van der Waals surface area contributed by atoms with Gasteiger partial charge in [-0.3, -0.25) is 4.79 Å². The molecule has 2 aliphatic rings. The summed E-state index contributed by atoms with van der Waals surface area (Å²) < 4.78 is 16.8. The van der Waals surface area contributed by atoms with E-state index in [1.807, 2.05) is 49.3 Å². The molecule has 0 amide bonds. The minimum atomic E-state index is -1.63. The molecule has 6 nitrogen and oxygen atoms in total. The molecular weight excluding hydrogens is 346 g/mol. The second-order valence-corrected chi connectivity index (χ2v) is 7.45. The predicted octanol–water partition coefficient (Wildman–Crippen LogP) is 2.92. The minimum Gasteiger partial charge on any atom is -0.462 e. The first-order valence-electron chi connectivity index (χ1n) is 8.90. The number of aliphatic hydroxyl groups is 1. The van der Waals surface area contributed by atoms with Gasteiger partial charge in [0.05, 0.1) is 5.92 Å². The Balaban J connectivity index is 1.89. The third-order valence-corrected chi connectivity index (χ3v) is 5.27. The van der Waals surface area contributed by atoms with Crippen LogP contribution in [0.2, 0.25) is 0 Å². The highest BCUT2D eigenvalue weighted by atomic mass is 16.7. The monoisotopic (exact) mass is 369 g/mol. The van der Waals surface area contributed by atoms with E-state index < -0.39 is 11.7 Å². The first kappa shape index (κ1) is 17.7. The van der Waals surface area contributed by atoms with Crippen LogP contribution in [0.15, 0.2) is 36.4 Å². The highest BCUT2D eigenvalue weighted by molar-refractivity contribution is 5.82. The topological polar surface area (TPSA) is 68.2 Å². The van der Waals surface area contributed by atoms with Crippen molar-refractivity contribution in [2.45, 2.75) is 25.6 Å². The molecule has 0 saturated carbocycles. The van der Waals surface area contributed by atoms with Crippen molar-refractivity contribution in [2.75, 3.05) is 25.8 Å². The van der Waals surface area contributed by atoms with E-state index in [1.54, 1.807) is 6.07 Å². The Morgan fingerprint density at radius 1 is 1.11 bits per heavy atom. The number of benzene rings is 2. The maximum absolute atomic E-state index is 12.5.